The first kappa shape index (κ1) is 20.6. The normalized spacial score (nSPS) is 18.4. The molecule has 4 rings (SSSR count). The van der Waals surface area contributed by atoms with Crippen LogP contribution >= 0.6 is 0 Å². The molecular formula is C23H23N3O5. The lowest BCUT2D eigenvalue weighted by Gasteiger charge is -2.29. The summed E-state index contributed by atoms with van der Waals surface area (Å²) < 4.78 is 10.9. The van der Waals surface area contributed by atoms with Crippen LogP contribution < -0.4 is 19.9 Å². The van der Waals surface area contributed by atoms with Crippen molar-refractivity contribution >= 4 is 35.3 Å². The van der Waals surface area contributed by atoms with Gasteiger partial charge in [-0.25, -0.2) is 9.69 Å². The number of morpholine rings is 1. The fraction of sp³-hybridized carbons (Fsp3) is 0.261. The van der Waals surface area contributed by atoms with Crippen molar-refractivity contribution in [1.29, 1.82) is 0 Å². The van der Waals surface area contributed by atoms with Gasteiger partial charge in [0.15, 0.2) is 0 Å². The van der Waals surface area contributed by atoms with E-state index in [4.69, 9.17) is 9.47 Å². The summed E-state index contributed by atoms with van der Waals surface area (Å²) in [6.07, 6.45) is 1.49. The smallest absolute Gasteiger partial charge is 0.336 e. The van der Waals surface area contributed by atoms with E-state index in [1.165, 1.54) is 6.08 Å². The van der Waals surface area contributed by atoms with Gasteiger partial charge in [-0.1, -0.05) is 24.3 Å². The Labute approximate surface area is 180 Å². The topological polar surface area (TPSA) is 88.2 Å². The molecule has 2 heterocycles. The highest BCUT2D eigenvalue weighted by molar-refractivity contribution is 6.39. The van der Waals surface area contributed by atoms with Gasteiger partial charge in [0.2, 0.25) is 0 Å². The minimum absolute atomic E-state index is 0.120. The average Bonchev–Trinajstić information content (AvgIpc) is 2.79. The number of ether oxygens (including phenoxy) is 2. The zero-order valence-corrected chi connectivity index (χ0v) is 17.2. The first-order valence-electron chi connectivity index (χ1n) is 10.1. The predicted molar refractivity (Wildman–Crippen MR) is 116 cm³/mol. The first-order valence-corrected chi connectivity index (χ1v) is 10.1. The molecule has 0 aliphatic carbocycles. The van der Waals surface area contributed by atoms with Gasteiger partial charge in [0.25, 0.3) is 11.8 Å². The van der Waals surface area contributed by atoms with Gasteiger partial charge in [-0.2, -0.15) is 0 Å². The third kappa shape index (κ3) is 4.29. The molecule has 8 nitrogen and oxygen atoms in total. The fourth-order valence-electron chi connectivity index (χ4n) is 3.57. The maximum Gasteiger partial charge on any atom is 0.336 e. The Bertz CT molecular complexity index is 1030. The number of nitrogens with one attached hydrogen (secondary N) is 1. The van der Waals surface area contributed by atoms with Crippen LogP contribution in [0.4, 0.5) is 16.2 Å². The van der Waals surface area contributed by atoms with Gasteiger partial charge in [-0.05, 0) is 42.8 Å². The second-order valence-electron chi connectivity index (χ2n) is 7.05. The van der Waals surface area contributed by atoms with E-state index in [0.29, 0.717) is 31.1 Å². The van der Waals surface area contributed by atoms with Crippen molar-refractivity contribution in [2.24, 2.45) is 0 Å². The summed E-state index contributed by atoms with van der Waals surface area (Å²) in [7, 11) is 0. The number of carbonyl (C=O) groups is 3. The second-order valence-corrected chi connectivity index (χ2v) is 7.05. The number of rotatable bonds is 5. The van der Waals surface area contributed by atoms with Crippen molar-refractivity contribution in [1.82, 2.24) is 5.32 Å². The summed E-state index contributed by atoms with van der Waals surface area (Å²) in [4.78, 5) is 41.1. The lowest BCUT2D eigenvalue weighted by molar-refractivity contribution is -0.122. The van der Waals surface area contributed by atoms with Gasteiger partial charge in [0, 0.05) is 18.8 Å². The van der Waals surface area contributed by atoms with Gasteiger partial charge < -0.3 is 14.4 Å². The van der Waals surface area contributed by atoms with E-state index in [-0.39, 0.29) is 11.3 Å². The van der Waals surface area contributed by atoms with Crippen LogP contribution in [0.3, 0.4) is 0 Å². The van der Waals surface area contributed by atoms with Crippen molar-refractivity contribution in [3.05, 3.63) is 59.7 Å². The number of imide groups is 2. The monoisotopic (exact) mass is 421 g/mol. The number of para-hydroxylation sites is 2. The molecule has 0 atom stereocenters. The number of barbiturate groups is 1. The second kappa shape index (κ2) is 9.01. The van der Waals surface area contributed by atoms with Gasteiger partial charge in [-0.15, -0.1) is 0 Å². The lowest BCUT2D eigenvalue weighted by Crippen LogP contribution is -2.54. The van der Waals surface area contributed by atoms with Crippen molar-refractivity contribution in [2.75, 3.05) is 42.7 Å². The number of hydrogen-bond acceptors (Lipinski definition) is 6. The molecule has 0 aromatic heterocycles. The van der Waals surface area contributed by atoms with E-state index in [0.717, 1.165) is 23.7 Å². The van der Waals surface area contributed by atoms with E-state index in [1.807, 2.05) is 31.2 Å². The molecule has 1 N–H and O–H groups in total. The largest absolute Gasteiger partial charge is 0.492 e. The van der Waals surface area contributed by atoms with Crippen LogP contribution in [0.5, 0.6) is 5.75 Å². The Balaban J connectivity index is 1.62. The Hall–Kier alpha value is -3.65. The van der Waals surface area contributed by atoms with Crippen LogP contribution in [0.2, 0.25) is 0 Å². The van der Waals surface area contributed by atoms with Crippen LogP contribution in [0.1, 0.15) is 12.5 Å². The molecule has 2 aliphatic rings. The highest BCUT2D eigenvalue weighted by Gasteiger charge is 2.38. The summed E-state index contributed by atoms with van der Waals surface area (Å²) in [5.41, 5.74) is 1.90. The highest BCUT2D eigenvalue weighted by Crippen LogP contribution is 2.31. The van der Waals surface area contributed by atoms with Crippen molar-refractivity contribution in [3.8, 4) is 5.75 Å². The van der Waals surface area contributed by atoms with Crippen molar-refractivity contribution < 1.29 is 23.9 Å². The number of hydrogen-bond donors (Lipinski definition) is 1. The predicted octanol–water partition coefficient (Wildman–Crippen LogP) is 2.59. The number of urea groups is 1. The van der Waals surface area contributed by atoms with E-state index in [9.17, 15) is 14.4 Å². The summed E-state index contributed by atoms with van der Waals surface area (Å²) >= 11 is 0. The van der Waals surface area contributed by atoms with Crippen LogP contribution in [-0.4, -0.2) is 50.8 Å². The van der Waals surface area contributed by atoms with E-state index in [1.54, 1.807) is 24.3 Å². The molecule has 4 amide bonds. The van der Waals surface area contributed by atoms with Gasteiger partial charge in [0.05, 0.1) is 25.5 Å². The van der Waals surface area contributed by atoms with E-state index < -0.39 is 17.8 Å². The molecule has 2 aliphatic heterocycles. The number of benzene rings is 2. The van der Waals surface area contributed by atoms with Crippen molar-refractivity contribution in [2.45, 2.75) is 6.92 Å². The zero-order valence-electron chi connectivity index (χ0n) is 17.2. The molecule has 0 saturated carbocycles. The lowest BCUT2D eigenvalue weighted by atomic mass is 10.1. The fourth-order valence-corrected chi connectivity index (χ4v) is 3.57. The quantitative estimate of drug-likeness (QED) is 0.590. The number of nitrogens with zero attached hydrogens (tertiary/aromatic N) is 2. The molecule has 2 saturated heterocycles. The summed E-state index contributed by atoms with van der Waals surface area (Å²) in [5, 5.41) is 2.24. The molecule has 2 aromatic rings. The standard InChI is InChI=1S/C23H23N3O5/c1-2-31-20-6-4-3-5-19(20)26-22(28)18(21(27)24-23(26)29)15-16-7-9-17(10-8-16)25-11-13-30-14-12-25/h3-10,15H,2,11-14H2,1H3,(H,24,27,29). The molecule has 0 bridgehead atoms. The number of amides is 4. The molecule has 31 heavy (non-hydrogen) atoms. The van der Waals surface area contributed by atoms with Crippen LogP contribution in [-0.2, 0) is 14.3 Å². The number of anilines is 2. The first-order chi connectivity index (χ1) is 15.1. The minimum Gasteiger partial charge on any atom is -0.492 e. The Morgan fingerprint density at radius 1 is 1.03 bits per heavy atom. The SMILES string of the molecule is CCOc1ccccc1N1C(=O)NC(=O)C(=Cc2ccc(N3CCOCC3)cc2)C1=O. The number of carbonyl (C=O) groups excluding carboxylic acids is 3. The van der Waals surface area contributed by atoms with Gasteiger partial charge in [0.1, 0.15) is 11.3 Å². The Morgan fingerprint density at radius 3 is 2.45 bits per heavy atom. The van der Waals surface area contributed by atoms with Crippen LogP contribution in [0, 0.1) is 0 Å². The summed E-state index contributed by atoms with van der Waals surface area (Å²) in [5.74, 6) is -1.03. The third-order valence-electron chi connectivity index (χ3n) is 5.09. The molecule has 2 aromatic carbocycles. The van der Waals surface area contributed by atoms with Gasteiger partial charge in [-0.3, -0.25) is 14.9 Å². The molecular weight excluding hydrogens is 398 g/mol. The minimum atomic E-state index is -0.804. The third-order valence-corrected chi connectivity index (χ3v) is 5.09. The summed E-state index contributed by atoms with van der Waals surface area (Å²) in [6.45, 7) is 5.19. The zero-order chi connectivity index (χ0) is 21.8. The van der Waals surface area contributed by atoms with Crippen molar-refractivity contribution in [3.63, 3.8) is 0 Å². The van der Waals surface area contributed by atoms with Crippen LogP contribution in [0.15, 0.2) is 54.1 Å². The van der Waals surface area contributed by atoms with E-state index >= 15 is 0 Å². The Kier molecular flexibility index (Phi) is 5.99. The maximum absolute atomic E-state index is 13.1. The van der Waals surface area contributed by atoms with Crippen LogP contribution in [0.25, 0.3) is 6.08 Å². The maximum atomic E-state index is 13.1. The van der Waals surface area contributed by atoms with Gasteiger partial charge >= 0.3 is 6.03 Å². The van der Waals surface area contributed by atoms with E-state index in [2.05, 4.69) is 10.2 Å². The summed E-state index contributed by atoms with van der Waals surface area (Å²) in [6, 6.07) is 13.5. The molecule has 8 heteroatoms. The highest BCUT2D eigenvalue weighted by atomic mass is 16.5. The Morgan fingerprint density at radius 2 is 1.74 bits per heavy atom. The molecule has 0 spiro atoms. The molecule has 0 radical (unpaired) electrons. The molecule has 160 valence electrons. The molecule has 2 fully saturated rings. The average molecular weight is 421 g/mol. The molecule has 0 unspecified atom stereocenters.